The predicted molar refractivity (Wildman–Crippen MR) is 74.4 cm³/mol. The molecule has 4 unspecified atom stereocenters. The van der Waals surface area contributed by atoms with Crippen LogP contribution in [0.2, 0.25) is 0 Å². The molecular formula is C15H26O6. The Morgan fingerprint density at radius 1 is 0.810 bits per heavy atom. The van der Waals surface area contributed by atoms with E-state index in [0.29, 0.717) is 38.1 Å². The Kier molecular flexibility index (Phi) is 6.26. The number of unbranched alkanes of at least 4 members (excludes halogenated alkanes) is 1. The smallest absolute Gasteiger partial charge is 0.104 e. The maximum absolute atomic E-state index is 5.87. The first kappa shape index (κ1) is 15.6. The summed E-state index contributed by atoms with van der Waals surface area (Å²) in [6.07, 6.45) is 4.28. The maximum Gasteiger partial charge on any atom is 0.104 e. The first-order valence-corrected chi connectivity index (χ1v) is 8.02. The molecule has 0 aliphatic carbocycles. The molecule has 0 aromatic rings. The van der Waals surface area contributed by atoms with Crippen LogP contribution in [0.15, 0.2) is 0 Å². The predicted octanol–water partition coefficient (Wildman–Crippen LogP) is 0.772. The summed E-state index contributed by atoms with van der Waals surface area (Å²) in [4.78, 5) is 0. The molecular weight excluding hydrogens is 276 g/mol. The van der Waals surface area contributed by atoms with Crippen LogP contribution < -0.4 is 0 Å². The molecule has 3 aliphatic heterocycles. The van der Waals surface area contributed by atoms with Crippen molar-refractivity contribution in [1.29, 1.82) is 0 Å². The zero-order valence-corrected chi connectivity index (χ0v) is 12.5. The molecule has 3 saturated heterocycles. The lowest BCUT2D eigenvalue weighted by Gasteiger charge is -2.17. The highest BCUT2D eigenvalue weighted by atomic mass is 16.6. The van der Waals surface area contributed by atoms with E-state index < -0.39 is 0 Å². The van der Waals surface area contributed by atoms with E-state index in [4.69, 9.17) is 28.4 Å². The molecule has 3 rings (SSSR count). The van der Waals surface area contributed by atoms with E-state index in [-0.39, 0.29) is 6.10 Å². The quantitative estimate of drug-likeness (QED) is 0.349. The summed E-state index contributed by atoms with van der Waals surface area (Å²) >= 11 is 0. The summed E-state index contributed by atoms with van der Waals surface area (Å²) in [6, 6.07) is 0. The van der Waals surface area contributed by atoms with Gasteiger partial charge in [0.1, 0.15) is 18.3 Å². The van der Waals surface area contributed by atoms with Crippen molar-refractivity contribution < 1.29 is 28.4 Å². The molecule has 0 aromatic heterocycles. The van der Waals surface area contributed by atoms with E-state index in [0.717, 1.165) is 52.3 Å². The van der Waals surface area contributed by atoms with Crippen LogP contribution in [-0.2, 0) is 28.4 Å². The van der Waals surface area contributed by atoms with Crippen LogP contribution in [-0.4, -0.2) is 77.3 Å². The van der Waals surface area contributed by atoms with Crippen molar-refractivity contribution in [3.63, 3.8) is 0 Å². The summed E-state index contributed by atoms with van der Waals surface area (Å²) < 4.78 is 32.5. The molecule has 21 heavy (non-hydrogen) atoms. The molecule has 6 heteroatoms. The van der Waals surface area contributed by atoms with Gasteiger partial charge in [0.15, 0.2) is 0 Å². The summed E-state index contributed by atoms with van der Waals surface area (Å²) in [5.41, 5.74) is 0. The second kappa shape index (κ2) is 8.41. The van der Waals surface area contributed by atoms with Gasteiger partial charge in [-0.1, -0.05) is 0 Å². The Morgan fingerprint density at radius 2 is 1.43 bits per heavy atom. The lowest BCUT2D eigenvalue weighted by molar-refractivity contribution is -0.0295. The van der Waals surface area contributed by atoms with Crippen molar-refractivity contribution in [1.82, 2.24) is 0 Å². The van der Waals surface area contributed by atoms with Crippen molar-refractivity contribution in [2.45, 2.75) is 43.7 Å². The van der Waals surface area contributed by atoms with Crippen LogP contribution in [0.3, 0.4) is 0 Å². The Balaban J connectivity index is 1.20. The Labute approximate surface area is 126 Å². The number of hydrogen-bond acceptors (Lipinski definition) is 6. The van der Waals surface area contributed by atoms with Gasteiger partial charge in [-0.3, -0.25) is 0 Å². The third kappa shape index (κ3) is 7.54. The molecule has 0 spiro atoms. The molecule has 122 valence electrons. The van der Waals surface area contributed by atoms with Crippen LogP contribution in [0.5, 0.6) is 0 Å². The van der Waals surface area contributed by atoms with Crippen LogP contribution >= 0.6 is 0 Å². The summed E-state index contributed by atoms with van der Waals surface area (Å²) in [6.45, 7) is 6.08. The molecule has 4 atom stereocenters. The number of ether oxygens (including phenoxy) is 6. The van der Waals surface area contributed by atoms with Crippen LogP contribution in [0.25, 0.3) is 0 Å². The highest BCUT2D eigenvalue weighted by molar-refractivity contribution is 4.71. The monoisotopic (exact) mass is 302 g/mol. The van der Waals surface area contributed by atoms with Gasteiger partial charge in [0, 0.05) is 6.61 Å². The minimum Gasteiger partial charge on any atom is -0.379 e. The van der Waals surface area contributed by atoms with Crippen molar-refractivity contribution in [2.24, 2.45) is 0 Å². The van der Waals surface area contributed by atoms with E-state index in [1.807, 2.05) is 0 Å². The summed E-state index contributed by atoms with van der Waals surface area (Å²) in [7, 11) is 0. The third-order valence-corrected chi connectivity index (χ3v) is 3.70. The largest absolute Gasteiger partial charge is 0.379 e. The fourth-order valence-electron chi connectivity index (χ4n) is 2.07. The molecule has 0 saturated carbocycles. The van der Waals surface area contributed by atoms with Gasteiger partial charge in [0.05, 0.1) is 52.4 Å². The molecule has 0 N–H and O–H groups in total. The van der Waals surface area contributed by atoms with Gasteiger partial charge in [-0.15, -0.1) is 0 Å². The maximum atomic E-state index is 5.87. The van der Waals surface area contributed by atoms with Gasteiger partial charge in [0.25, 0.3) is 0 Å². The lowest BCUT2D eigenvalue weighted by Crippen LogP contribution is -2.23. The summed E-state index contributed by atoms with van der Waals surface area (Å²) in [5.74, 6) is 0. The lowest BCUT2D eigenvalue weighted by atomic mass is 10.1. The third-order valence-electron chi connectivity index (χ3n) is 3.70. The molecule has 3 aliphatic rings. The second-order valence-electron chi connectivity index (χ2n) is 5.93. The minimum absolute atomic E-state index is 0.153. The van der Waals surface area contributed by atoms with E-state index in [1.165, 1.54) is 0 Å². The zero-order chi connectivity index (χ0) is 14.3. The highest BCUT2D eigenvalue weighted by Gasteiger charge is 2.26. The van der Waals surface area contributed by atoms with Crippen molar-refractivity contribution in [3.05, 3.63) is 0 Å². The van der Waals surface area contributed by atoms with Crippen molar-refractivity contribution in [3.8, 4) is 0 Å². The van der Waals surface area contributed by atoms with Crippen LogP contribution in [0.1, 0.15) is 19.3 Å². The van der Waals surface area contributed by atoms with E-state index in [1.54, 1.807) is 0 Å². The number of hydrogen-bond donors (Lipinski definition) is 0. The first-order valence-electron chi connectivity index (χ1n) is 8.02. The van der Waals surface area contributed by atoms with Crippen molar-refractivity contribution in [2.75, 3.05) is 52.9 Å². The fraction of sp³-hybridized carbons (Fsp3) is 1.00. The fourth-order valence-corrected chi connectivity index (χ4v) is 2.07. The van der Waals surface area contributed by atoms with Gasteiger partial charge < -0.3 is 28.4 Å². The van der Waals surface area contributed by atoms with Gasteiger partial charge in [0.2, 0.25) is 0 Å². The summed E-state index contributed by atoms with van der Waals surface area (Å²) in [5, 5.41) is 0. The van der Waals surface area contributed by atoms with E-state index >= 15 is 0 Å². The molecule has 6 nitrogen and oxygen atoms in total. The molecule has 3 fully saturated rings. The van der Waals surface area contributed by atoms with Gasteiger partial charge in [-0.25, -0.2) is 0 Å². The topological polar surface area (TPSA) is 65.3 Å². The van der Waals surface area contributed by atoms with Crippen LogP contribution in [0.4, 0.5) is 0 Å². The van der Waals surface area contributed by atoms with E-state index in [2.05, 4.69) is 0 Å². The Hall–Kier alpha value is -0.240. The molecule has 0 amide bonds. The standard InChI is InChI=1S/C15H26O6/c1(2-4-16-6-13-8-19-13)3-12(18-10-15-11-21-15)5-17-7-14-9-20-14/h12-15H,1-11H2. The first-order chi connectivity index (χ1) is 10.4. The average Bonchev–Trinajstić information content (AvgIpc) is 3.35. The SMILES string of the molecule is C(CCC(COCC1CO1)OCC1CO1)COCC1CO1. The van der Waals surface area contributed by atoms with Gasteiger partial charge >= 0.3 is 0 Å². The second-order valence-corrected chi connectivity index (χ2v) is 5.93. The molecule has 3 heterocycles. The Morgan fingerprint density at radius 3 is 2.10 bits per heavy atom. The zero-order valence-electron chi connectivity index (χ0n) is 12.5. The van der Waals surface area contributed by atoms with Gasteiger partial charge in [-0.2, -0.15) is 0 Å². The normalized spacial score (nSPS) is 31.1. The van der Waals surface area contributed by atoms with Crippen LogP contribution in [0, 0.1) is 0 Å². The van der Waals surface area contributed by atoms with E-state index in [9.17, 15) is 0 Å². The van der Waals surface area contributed by atoms with Gasteiger partial charge in [-0.05, 0) is 19.3 Å². The molecule has 0 bridgehead atoms. The number of epoxide rings is 3. The highest BCUT2D eigenvalue weighted by Crippen LogP contribution is 2.15. The molecule has 0 radical (unpaired) electrons. The number of rotatable bonds is 14. The Bertz CT molecular complexity index is 288. The van der Waals surface area contributed by atoms with Crippen molar-refractivity contribution >= 4 is 0 Å². The molecule has 0 aromatic carbocycles. The minimum atomic E-state index is 0.153. The average molecular weight is 302 g/mol.